The fraction of sp³-hybridized carbons (Fsp3) is 0.667. The third-order valence-corrected chi connectivity index (χ3v) is 3.49. The number of hydrogen-bond acceptors (Lipinski definition) is 3. The first-order chi connectivity index (χ1) is 7.48. The lowest BCUT2D eigenvalue weighted by atomic mass is 9.72. The average Bonchev–Trinajstić information content (AvgIpc) is 2.66. The molecule has 16 heavy (non-hydrogen) atoms. The summed E-state index contributed by atoms with van der Waals surface area (Å²) in [4.78, 5) is 10.7. The van der Waals surface area contributed by atoms with Crippen molar-refractivity contribution in [3.8, 4) is 0 Å². The first-order valence-corrected chi connectivity index (χ1v) is 5.68. The van der Waals surface area contributed by atoms with Crippen LogP contribution in [0.1, 0.15) is 61.7 Å². The van der Waals surface area contributed by atoms with Crippen LogP contribution in [0.4, 0.5) is 0 Å². The van der Waals surface area contributed by atoms with Gasteiger partial charge in [0.1, 0.15) is 5.76 Å². The normalized spacial score (nSPS) is 20.9. The molecule has 0 amide bonds. The zero-order valence-electron chi connectivity index (χ0n) is 9.69. The van der Waals surface area contributed by atoms with Crippen LogP contribution in [-0.4, -0.2) is 16.2 Å². The maximum atomic E-state index is 10.7. The van der Waals surface area contributed by atoms with E-state index in [-0.39, 0.29) is 5.69 Å². The van der Waals surface area contributed by atoms with Gasteiger partial charge in [0, 0.05) is 12.0 Å². The molecule has 0 saturated heterocycles. The molecule has 0 unspecified atom stereocenters. The molecular weight excluding hydrogens is 206 g/mol. The molecule has 4 nitrogen and oxygen atoms in total. The van der Waals surface area contributed by atoms with Crippen molar-refractivity contribution in [1.29, 1.82) is 0 Å². The average molecular weight is 223 g/mol. The van der Waals surface area contributed by atoms with E-state index < -0.39 is 5.97 Å². The second-order valence-corrected chi connectivity index (χ2v) is 5.36. The van der Waals surface area contributed by atoms with E-state index >= 15 is 0 Å². The Hall–Kier alpha value is -1.32. The van der Waals surface area contributed by atoms with Crippen molar-refractivity contribution in [3.05, 3.63) is 17.5 Å². The maximum absolute atomic E-state index is 10.7. The van der Waals surface area contributed by atoms with Gasteiger partial charge >= 0.3 is 5.97 Å². The van der Waals surface area contributed by atoms with E-state index in [0.29, 0.717) is 11.3 Å². The molecule has 0 aromatic carbocycles. The number of carboxylic acids is 1. The summed E-state index contributed by atoms with van der Waals surface area (Å²) in [6.45, 7) is 4.54. The van der Waals surface area contributed by atoms with Crippen molar-refractivity contribution in [2.75, 3.05) is 0 Å². The minimum atomic E-state index is -1.02. The van der Waals surface area contributed by atoms with Gasteiger partial charge in [0.25, 0.3) is 0 Å². The zero-order valence-corrected chi connectivity index (χ0v) is 9.69. The summed E-state index contributed by atoms with van der Waals surface area (Å²) in [5.41, 5.74) is 0.423. The van der Waals surface area contributed by atoms with E-state index in [2.05, 4.69) is 19.0 Å². The highest BCUT2D eigenvalue weighted by Gasteiger charge is 2.30. The summed E-state index contributed by atoms with van der Waals surface area (Å²) in [5, 5.41) is 12.3. The van der Waals surface area contributed by atoms with Gasteiger partial charge in [-0.15, -0.1) is 0 Å². The lowest BCUT2D eigenvalue weighted by Gasteiger charge is -2.33. The lowest BCUT2D eigenvalue weighted by Crippen LogP contribution is -2.19. The van der Waals surface area contributed by atoms with Crippen LogP contribution in [0, 0.1) is 5.41 Å². The summed E-state index contributed by atoms with van der Waals surface area (Å²) in [7, 11) is 0. The fourth-order valence-electron chi connectivity index (χ4n) is 2.27. The molecule has 1 aliphatic rings. The Bertz CT molecular complexity index is 385. The van der Waals surface area contributed by atoms with Crippen LogP contribution in [0.25, 0.3) is 0 Å². The third kappa shape index (κ3) is 2.26. The van der Waals surface area contributed by atoms with E-state index in [1.165, 1.54) is 0 Å². The van der Waals surface area contributed by atoms with Crippen molar-refractivity contribution in [2.24, 2.45) is 5.41 Å². The topological polar surface area (TPSA) is 63.3 Å². The molecule has 1 aliphatic carbocycles. The number of nitrogens with zero attached hydrogens (tertiary/aromatic N) is 1. The maximum Gasteiger partial charge on any atom is 0.358 e. The van der Waals surface area contributed by atoms with Crippen LogP contribution in [0.2, 0.25) is 0 Å². The Balaban J connectivity index is 2.05. The highest BCUT2D eigenvalue weighted by molar-refractivity contribution is 5.85. The smallest absolute Gasteiger partial charge is 0.358 e. The van der Waals surface area contributed by atoms with Gasteiger partial charge in [-0.3, -0.25) is 0 Å². The largest absolute Gasteiger partial charge is 0.476 e. The van der Waals surface area contributed by atoms with E-state index in [1.807, 2.05) is 0 Å². The number of rotatable bonds is 2. The molecule has 1 aromatic rings. The molecule has 0 spiro atoms. The molecule has 4 heteroatoms. The van der Waals surface area contributed by atoms with Crippen LogP contribution >= 0.6 is 0 Å². The van der Waals surface area contributed by atoms with Crippen LogP contribution in [0.5, 0.6) is 0 Å². The summed E-state index contributed by atoms with van der Waals surface area (Å²) in [6.07, 6.45) is 4.42. The van der Waals surface area contributed by atoms with E-state index in [0.717, 1.165) is 31.4 Å². The molecule has 88 valence electrons. The molecule has 1 N–H and O–H groups in total. The predicted molar refractivity (Wildman–Crippen MR) is 58.5 cm³/mol. The van der Waals surface area contributed by atoms with Gasteiger partial charge in [-0.1, -0.05) is 19.0 Å². The summed E-state index contributed by atoms with van der Waals surface area (Å²) in [5.74, 6) is 0.0488. The number of aromatic nitrogens is 1. The molecule has 1 fully saturated rings. The number of hydrogen-bond donors (Lipinski definition) is 1. The summed E-state index contributed by atoms with van der Waals surface area (Å²) >= 11 is 0. The van der Waals surface area contributed by atoms with Crippen molar-refractivity contribution in [1.82, 2.24) is 5.16 Å². The Kier molecular flexibility index (Phi) is 2.74. The summed E-state index contributed by atoms with van der Waals surface area (Å²) in [6, 6.07) is 1.56. The van der Waals surface area contributed by atoms with Gasteiger partial charge in [0.2, 0.25) is 0 Å². The minimum Gasteiger partial charge on any atom is -0.476 e. The Morgan fingerprint density at radius 2 is 2.12 bits per heavy atom. The molecule has 1 saturated carbocycles. The third-order valence-electron chi connectivity index (χ3n) is 3.49. The summed E-state index contributed by atoms with van der Waals surface area (Å²) < 4.78 is 5.10. The molecular formula is C12H17NO3. The SMILES string of the molecule is CC1(C)CCC(c2cc(C(=O)O)no2)CC1. The van der Waals surface area contributed by atoms with Gasteiger partial charge in [-0.25, -0.2) is 4.79 Å². The van der Waals surface area contributed by atoms with Crippen LogP contribution < -0.4 is 0 Å². The van der Waals surface area contributed by atoms with Gasteiger partial charge in [0.05, 0.1) is 0 Å². The van der Waals surface area contributed by atoms with Crippen LogP contribution in [-0.2, 0) is 0 Å². The second-order valence-electron chi connectivity index (χ2n) is 5.36. The molecule has 0 bridgehead atoms. The standard InChI is InChI=1S/C12H17NO3/c1-12(2)5-3-8(4-6-12)10-7-9(11(14)15)13-16-10/h7-8H,3-6H2,1-2H3,(H,14,15). The highest BCUT2D eigenvalue weighted by Crippen LogP contribution is 2.42. The lowest BCUT2D eigenvalue weighted by molar-refractivity contribution is 0.0685. The number of carboxylic acid groups (broad SMARTS) is 1. The van der Waals surface area contributed by atoms with Gasteiger partial charge in [-0.05, 0) is 31.1 Å². The van der Waals surface area contributed by atoms with Crippen molar-refractivity contribution in [3.63, 3.8) is 0 Å². The number of aromatic carboxylic acids is 1. The quantitative estimate of drug-likeness (QED) is 0.836. The minimum absolute atomic E-state index is 0.0137. The monoisotopic (exact) mass is 223 g/mol. The molecule has 0 aliphatic heterocycles. The molecule has 0 atom stereocenters. The molecule has 2 rings (SSSR count). The fourth-order valence-corrected chi connectivity index (χ4v) is 2.27. The van der Waals surface area contributed by atoms with E-state index in [1.54, 1.807) is 6.07 Å². The zero-order chi connectivity index (χ0) is 11.8. The Morgan fingerprint density at radius 3 is 2.62 bits per heavy atom. The Morgan fingerprint density at radius 1 is 1.50 bits per heavy atom. The Labute approximate surface area is 94.6 Å². The van der Waals surface area contributed by atoms with Gasteiger partial charge in [0.15, 0.2) is 5.69 Å². The van der Waals surface area contributed by atoms with Crippen molar-refractivity contribution < 1.29 is 14.4 Å². The molecule has 1 heterocycles. The number of carbonyl (C=O) groups is 1. The molecule has 1 aromatic heterocycles. The van der Waals surface area contributed by atoms with Gasteiger partial charge in [-0.2, -0.15) is 0 Å². The first kappa shape index (κ1) is 11.2. The van der Waals surface area contributed by atoms with E-state index in [4.69, 9.17) is 9.63 Å². The van der Waals surface area contributed by atoms with Crippen molar-refractivity contribution in [2.45, 2.75) is 45.4 Å². The van der Waals surface area contributed by atoms with Crippen LogP contribution in [0.3, 0.4) is 0 Å². The molecule has 0 radical (unpaired) electrons. The predicted octanol–water partition coefficient (Wildman–Crippen LogP) is 3.06. The highest BCUT2D eigenvalue weighted by atomic mass is 16.5. The van der Waals surface area contributed by atoms with Crippen molar-refractivity contribution >= 4 is 5.97 Å². The first-order valence-electron chi connectivity index (χ1n) is 5.68. The van der Waals surface area contributed by atoms with Crippen LogP contribution in [0.15, 0.2) is 10.6 Å². The van der Waals surface area contributed by atoms with Gasteiger partial charge < -0.3 is 9.63 Å². The second kappa shape index (κ2) is 3.92. The van der Waals surface area contributed by atoms with E-state index in [9.17, 15) is 4.79 Å².